The Bertz CT molecular complexity index is 1390. The lowest BCUT2D eigenvalue weighted by atomic mass is 10.0. The van der Waals surface area contributed by atoms with E-state index in [1.54, 1.807) is 37.6 Å². The van der Waals surface area contributed by atoms with Crippen molar-refractivity contribution in [3.05, 3.63) is 82.6 Å². The van der Waals surface area contributed by atoms with E-state index in [9.17, 15) is 14.4 Å². The first-order chi connectivity index (χ1) is 20.3. The molecule has 222 valence electrons. The second-order valence-corrected chi connectivity index (χ2v) is 10.2. The van der Waals surface area contributed by atoms with Gasteiger partial charge in [0.1, 0.15) is 5.75 Å². The van der Waals surface area contributed by atoms with Crippen LogP contribution in [0.1, 0.15) is 32.8 Å². The van der Waals surface area contributed by atoms with E-state index in [4.69, 9.17) is 31.5 Å². The van der Waals surface area contributed by atoms with Gasteiger partial charge in [-0.25, -0.2) is 4.79 Å². The van der Waals surface area contributed by atoms with Gasteiger partial charge in [0.05, 0.1) is 54.2 Å². The summed E-state index contributed by atoms with van der Waals surface area (Å²) in [7, 11) is 3.02. The molecule has 0 unspecified atom stereocenters. The third-order valence-electron chi connectivity index (χ3n) is 6.92. The van der Waals surface area contributed by atoms with Crippen molar-refractivity contribution in [3.63, 3.8) is 0 Å². The summed E-state index contributed by atoms with van der Waals surface area (Å²) in [5.41, 5.74) is 8.21. The third-order valence-corrected chi connectivity index (χ3v) is 7.24. The molecule has 0 spiro atoms. The minimum absolute atomic E-state index is 0.138. The number of amides is 2. The standard InChI is InChI=1S/C30H34ClN5O6/c1-40-26-16-24(32)23(31)15-22(26)29(38)35-25-10-13-36(17-27(25)41-2)18-28(37)34-21-8-6-19(7-9-21)30(39)42-14-11-20-5-3-4-12-33-20/h3-9,12,15-16,25,27H,10-11,13-14,17-18,32H2,1-2H3,(H,34,37)(H,35,38)/t25-,27+/m1/s1. The summed E-state index contributed by atoms with van der Waals surface area (Å²) < 4.78 is 16.3. The molecule has 1 aromatic heterocycles. The van der Waals surface area contributed by atoms with E-state index in [2.05, 4.69) is 15.6 Å². The molecule has 2 atom stereocenters. The van der Waals surface area contributed by atoms with Crippen molar-refractivity contribution in [1.82, 2.24) is 15.2 Å². The molecule has 1 fully saturated rings. The number of methoxy groups -OCH3 is 2. The Morgan fingerprint density at radius 3 is 2.60 bits per heavy atom. The van der Waals surface area contributed by atoms with Crippen LogP contribution in [-0.4, -0.2) is 80.3 Å². The Balaban J connectivity index is 1.24. The maximum atomic E-state index is 13.0. The van der Waals surface area contributed by atoms with Gasteiger partial charge in [0.15, 0.2) is 0 Å². The van der Waals surface area contributed by atoms with E-state index in [0.717, 1.165) is 5.69 Å². The van der Waals surface area contributed by atoms with Crippen LogP contribution in [-0.2, 0) is 20.7 Å². The molecule has 0 radical (unpaired) electrons. The van der Waals surface area contributed by atoms with Crippen molar-refractivity contribution >= 4 is 40.8 Å². The summed E-state index contributed by atoms with van der Waals surface area (Å²) in [6.07, 6.45) is 2.45. The van der Waals surface area contributed by atoms with Gasteiger partial charge in [-0.1, -0.05) is 17.7 Å². The first-order valence-electron chi connectivity index (χ1n) is 13.4. The Labute approximate surface area is 249 Å². The summed E-state index contributed by atoms with van der Waals surface area (Å²) in [5.74, 6) is -0.683. The fourth-order valence-electron chi connectivity index (χ4n) is 4.66. The molecule has 2 aromatic carbocycles. The lowest BCUT2D eigenvalue weighted by Crippen LogP contribution is -2.55. The second-order valence-electron chi connectivity index (χ2n) is 9.78. The normalized spacial score (nSPS) is 16.8. The molecule has 1 aliphatic rings. The van der Waals surface area contributed by atoms with Gasteiger partial charge in [-0.05, 0) is 48.9 Å². The van der Waals surface area contributed by atoms with Gasteiger partial charge in [-0.3, -0.25) is 19.5 Å². The number of nitrogens with one attached hydrogen (secondary N) is 2. The van der Waals surface area contributed by atoms with Crippen LogP contribution >= 0.6 is 11.6 Å². The average molecular weight is 596 g/mol. The van der Waals surface area contributed by atoms with E-state index in [-0.39, 0.29) is 47.7 Å². The van der Waals surface area contributed by atoms with Crippen molar-refractivity contribution < 1.29 is 28.6 Å². The summed E-state index contributed by atoms with van der Waals surface area (Å²) in [5, 5.41) is 6.11. The van der Waals surface area contributed by atoms with Crippen LogP contribution in [0.4, 0.5) is 11.4 Å². The first kappa shape index (κ1) is 30.8. The number of nitrogen functional groups attached to an aromatic ring is 1. The second kappa shape index (κ2) is 14.6. The molecule has 0 aliphatic carbocycles. The summed E-state index contributed by atoms with van der Waals surface area (Å²) in [6.45, 7) is 1.37. The maximum absolute atomic E-state index is 13.0. The fourth-order valence-corrected chi connectivity index (χ4v) is 4.82. The zero-order chi connectivity index (χ0) is 30.1. The molecular formula is C30H34ClN5O6. The molecule has 3 aromatic rings. The monoisotopic (exact) mass is 595 g/mol. The number of carbonyl (C=O) groups excluding carboxylic acids is 3. The van der Waals surface area contributed by atoms with Crippen LogP contribution in [0.2, 0.25) is 5.02 Å². The quantitative estimate of drug-likeness (QED) is 0.225. The van der Waals surface area contributed by atoms with Crippen molar-refractivity contribution in [1.29, 1.82) is 0 Å². The van der Waals surface area contributed by atoms with E-state index in [1.165, 1.54) is 19.2 Å². The number of hydrogen-bond acceptors (Lipinski definition) is 9. The van der Waals surface area contributed by atoms with Gasteiger partial charge >= 0.3 is 5.97 Å². The molecule has 11 nitrogen and oxygen atoms in total. The molecule has 2 amide bonds. The number of halogens is 1. The van der Waals surface area contributed by atoms with Crippen molar-refractivity contribution in [3.8, 4) is 5.75 Å². The Morgan fingerprint density at radius 1 is 1.12 bits per heavy atom. The molecular weight excluding hydrogens is 562 g/mol. The van der Waals surface area contributed by atoms with E-state index < -0.39 is 5.97 Å². The maximum Gasteiger partial charge on any atom is 0.338 e. The van der Waals surface area contributed by atoms with Gasteiger partial charge in [0, 0.05) is 50.3 Å². The summed E-state index contributed by atoms with van der Waals surface area (Å²) >= 11 is 6.12. The van der Waals surface area contributed by atoms with Crippen LogP contribution in [0.15, 0.2) is 60.8 Å². The van der Waals surface area contributed by atoms with E-state index >= 15 is 0 Å². The molecule has 1 aliphatic heterocycles. The summed E-state index contributed by atoms with van der Waals surface area (Å²) in [6, 6.07) is 14.8. The van der Waals surface area contributed by atoms with Crippen molar-refractivity contribution in [2.24, 2.45) is 0 Å². The third kappa shape index (κ3) is 8.19. The Hall–Kier alpha value is -4.19. The van der Waals surface area contributed by atoms with Crippen LogP contribution in [0.3, 0.4) is 0 Å². The number of piperidine rings is 1. The van der Waals surface area contributed by atoms with Crippen molar-refractivity contribution in [2.45, 2.75) is 25.0 Å². The van der Waals surface area contributed by atoms with E-state index in [1.807, 2.05) is 23.1 Å². The van der Waals surface area contributed by atoms with Gasteiger partial charge in [-0.15, -0.1) is 0 Å². The number of anilines is 2. The highest BCUT2D eigenvalue weighted by atomic mass is 35.5. The molecule has 42 heavy (non-hydrogen) atoms. The minimum atomic E-state index is -0.442. The number of carbonyl (C=O) groups is 3. The molecule has 12 heteroatoms. The highest BCUT2D eigenvalue weighted by molar-refractivity contribution is 6.33. The largest absolute Gasteiger partial charge is 0.496 e. The Kier molecular flexibility index (Phi) is 10.7. The number of nitrogens with zero attached hydrogens (tertiary/aromatic N) is 2. The van der Waals surface area contributed by atoms with Crippen LogP contribution in [0, 0.1) is 0 Å². The van der Waals surface area contributed by atoms with Gasteiger partial charge in [-0.2, -0.15) is 0 Å². The molecule has 4 N–H and O–H groups in total. The van der Waals surface area contributed by atoms with Crippen molar-refractivity contribution in [2.75, 3.05) is 51.5 Å². The number of hydrogen-bond donors (Lipinski definition) is 3. The number of rotatable bonds is 11. The number of nitrogens with two attached hydrogens (primary N) is 1. The molecule has 4 rings (SSSR count). The predicted octanol–water partition coefficient (Wildman–Crippen LogP) is 3.18. The van der Waals surface area contributed by atoms with Gasteiger partial charge in [0.25, 0.3) is 5.91 Å². The lowest BCUT2D eigenvalue weighted by Gasteiger charge is -2.37. The smallest absolute Gasteiger partial charge is 0.338 e. The zero-order valence-electron chi connectivity index (χ0n) is 23.5. The fraction of sp³-hybridized carbons (Fsp3) is 0.333. The highest BCUT2D eigenvalue weighted by Crippen LogP contribution is 2.29. The summed E-state index contributed by atoms with van der Waals surface area (Å²) in [4.78, 5) is 44.2. The first-order valence-corrected chi connectivity index (χ1v) is 13.8. The van der Waals surface area contributed by atoms with Crippen LogP contribution < -0.4 is 21.1 Å². The zero-order valence-corrected chi connectivity index (χ0v) is 24.2. The Morgan fingerprint density at radius 2 is 1.90 bits per heavy atom. The topological polar surface area (TPSA) is 145 Å². The highest BCUT2D eigenvalue weighted by Gasteiger charge is 2.32. The SMILES string of the molecule is COc1cc(N)c(Cl)cc1C(=O)N[C@@H]1CCN(CC(=O)Nc2ccc(C(=O)OCCc3ccccn3)cc2)C[C@@H]1OC. The predicted molar refractivity (Wildman–Crippen MR) is 159 cm³/mol. The number of benzene rings is 2. The average Bonchev–Trinajstić information content (AvgIpc) is 2.99. The number of esters is 1. The molecule has 2 heterocycles. The molecule has 0 saturated carbocycles. The molecule has 1 saturated heterocycles. The van der Waals surface area contributed by atoms with Crippen LogP contribution in [0.5, 0.6) is 5.75 Å². The molecule has 0 bridgehead atoms. The van der Waals surface area contributed by atoms with Gasteiger partial charge in [0.2, 0.25) is 5.91 Å². The van der Waals surface area contributed by atoms with Gasteiger partial charge < -0.3 is 30.6 Å². The number of likely N-dealkylation sites (tertiary alicyclic amines) is 1. The van der Waals surface area contributed by atoms with E-state index in [0.29, 0.717) is 48.6 Å². The minimum Gasteiger partial charge on any atom is -0.496 e. The lowest BCUT2D eigenvalue weighted by molar-refractivity contribution is -0.118. The number of aromatic nitrogens is 1. The number of pyridine rings is 1. The van der Waals surface area contributed by atoms with Crippen LogP contribution in [0.25, 0.3) is 0 Å². The number of ether oxygens (including phenoxy) is 3.